The van der Waals surface area contributed by atoms with E-state index in [1.807, 2.05) is 0 Å². The summed E-state index contributed by atoms with van der Waals surface area (Å²) in [5.41, 5.74) is -4.60. The van der Waals surface area contributed by atoms with Crippen LogP contribution in [0.2, 0.25) is 0 Å². The maximum atomic E-state index is 12.7. The quantitative estimate of drug-likeness (QED) is 0.455. The third-order valence-corrected chi connectivity index (χ3v) is 2.67. The lowest BCUT2D eigenvalue weighted by Gasteiger charge is -2.17. The van der Waals surface area contributed by atoms with Crippen LogP contribution in [-0.4, -0.2) is 22.8 Å². The van der Waals surface area contributed by atoms with Gasteiger partial charge in [-0.2, -0.15) is 13.2 Å². The van der Waals surface area contributed by atoms with Gasteiger partial charge in [-0.15, -0.1) is 0 Å². The van der Waals surface area contributed by atoms with Crippen molar-refractivity contribution in [3.8, 4) is 0 Å². The molecule has 0 aliphatic carbocycles. The first-order valence-electron chi connectivity index (χ1n) is 5.89. The zero-order valence-corrected chi connectivity index (χ0v) is 11.2. The number of hydrogen-bond donors (Lipinski definition) is 0. The topological polar surface area (TPSA) is 107 Å². The van der Waals surface area contributed by atoms with E-state index in [4.69, 9.17) is 0 Å². The first-order chi connectivity index (χ1) is 10.1. The fraction of sp³-hybridized carbons (Fsp3) is 0.364. The second-order valence-electron chi connectivity index (χ2n) is 4.17. The van der Waals surface area contributed by atoms with Gasteiger partial charge >= 0.3 is 17.6 Å². The third-order valence-electron chi connectivity index (χ3n) is 2.67. The monoisotopic (exact) mass is 321 g/mol. The molecule has 0 saturated carbocycles. The summed E-state index contributed by atoms with van der Waals surface area (Å²) in [6.07, 6.45) is -4.59. The fourth-order valence-electron chi connectivity index (χ4n) is 1.80. The van der Waals surface area contributed by atoms with Gasteiger partial charge in [0.15, 0.2) is 0 Å². The van der Waals surface area contributed by atoms with E-state index in [0.717, 1.165) is 0 Å². The number of nitrogens with zero attached hydrogens (tertiary/aromatic N) is 3. The Morgan fingerprint density at radius 1 is 1.18 bits per heavy atom. The molecule has 1 rings (SSSR count). The highest BCUT2D eigenvalue weighted by Crippen LogP contribution is 2.42. The van der Waals surface area contributed by atoms with Gasteiger partial charge in [0.1, 0.15) is 0 Å². The summed E-state index contributed by atoms with van der Waals surface area (Å²) in [5, 5.41) is 21.9. The van der Waals surface area contributed by atoms with E-state index in [9.17, 15) is 38.2 Å². The van der Waals surface area contributed by atoms with Crippen LogP contribution in [0.3, 0.4) is 0 Å². The number of carbonyl (C=O) groups excluding carboxylic acids is 1. The van der Waals surface area contributed by atoms with Crippen LogP contribution < -0.4 is 4.90 Å². The molecule has 120 valence electrons. The van der Waals surface area contributed by atoms with E-state index < -0.39 is 38.6 Å². The zero-order valence-electron chi connectivity index (χ0n) is 11.2. The molecule has 22 heavy (non-hydrogen) atoms. The molecule has 0 aliphatic rings. The number of rotatable bonds is 6. The third kappa shape index (κ3) is 3.48. The minimum atomic E-state index is -5.00. The molecule has 0 bridgehead atoms. The smallest absolute Gasteiger partial charge is 0.303 e. The van der Waals surface area contributed by atoms with E-state index in [1.54, 1.807) is 6.92 Å². The van der Waals surface area contributed by atoms with E-state index in [-0.39, 0.29) is 25.1 Å². The van der Waals surface area contributed by atoms with Gasteiger partial charge in [0.05, 0.1) is 15.4 Å². The van der Waals surface area contributed by atoms with Crippen molar-refractivity contribution in [3.05, 3.63) is 37.9 Å². The number of nitro groups is 2. The minimum Gasteiger partial charge on any atom is -0.303 e. The normalized spacial score (nSPS) is 11.1. The molecule has 0 heterocycles. The molecule has 0 aromatic heterocycles. The summed E-state index contributed by atoms with van der Waals surface area (Å²) in [4.78, 5) is 31.2. The predicted molar refractivity (Wildman–Crippen MR) is 68.5 cm³/mol. The number of carbonyl (C=O) groups is 1. The fourth-order valence-corrected chi connectivity index (χ4v) is 1.80. The summed E-state index contributed by atoms with van der Waals surface area (Å²) in [6.45, 7) is 1.48. The van der Waals surface area contributed by atoms with Crippen molar-refractivity contribution < 1.29 is 27.8 Å². The molecule has 0 N–H and O–H groups in total. The number of amides is 1. The Bertz CT molecular complexity index is 582. The highest BCUT2D eigenvalue weighted by Gasteiger charge is 2.39. The Labute approximate surface area is 121 Å². The Hall–Kier alpha value is -2.72. The molecule has 0 radical (unpaired) electrons. The van der Waals surface area contributed by atoms with Crippen molar-refractivity contribution in [2.45, 2.75) is 19.5 Å². The van der Waals surface area contributed by atoms with Crippen LogP contribution in [0.5, 0.6) is 0 Å². The lowest BCUT2D eigenvalue weighted by Crippen LogP contribution is -2.24. The van der Waals surface area contributed by atoms with Crippen LogP contribution in [0.15, 0.2) is 12.1 Å². The van der Waals surface area contributed by atoms with Crippen LogP contribution >= 0.6 is 0 Å². The van der Waals surface area contributed by atoms with Gasteiger partial charge in [0, 0.05) is 18.7 Å². The maximum absolute atomic E-state index is 12.7. The highest BCUT2D eigenvalue weighted by atomic mass is 19.4. The summed E-state index contributed by atoms with van der Waals surface area (Å²) in [7, 11) is 0. The predicted octanol–water partition coefficient (Wildman–Crippen LogP) is 2.89. The summed E-state index contributed by atoms with van der Waals surface area (Å²) < 4.78 is 38.1. The first kappa shape index (κ1) is 17.3. The molecule has 1 amide bonds. The molecule has 1 aromatic rings. The van der Waals surface area contributed by atoms with Gasteiger partial charge < -0.3 is 4.90 Å². The zero-order chi connectivity index (χ0) is 17.1. The van der Waals surface area contributed by atoms with Crippen LogP contribution in [-0.2, 0) is 11.0 Å². The van der Waals surface area contributed by atoms with Crippen LogP contribution in [0.1, 0.15) is 18.9 Å². The van der Waals surface area contributed by atoms with E-state index in [1.165, 1.54) is 0 Å². The van der Waals surface area contributed by atoms with E-state index >= 15 is 0 Å². The summed E-state index contributed by atoms with van der Waals surface area (Å²) >= 11 is 0. The number of anilines is 1. The molecule has 0 unspecified atom stereocenters. The van der Waals surface area contributed by atoms with Gasteiger partial charge in [0.25, 0.3) is 0 Å². The largest absolute Gasteiger partial charge is 0.416 e. The Balaban J connectivity index is 3.75. The second-order valence-corrected chi connectivity index (χ2v) is 4.17. The van der Waals surface area contributed by atoms with Gasteiger partial charge in [-0.1, -0.05) is 6.92 Å². The maximum Gasteiger partial charge on any atom is 0.416 e. The molecule has 8 nitrogen and oxygen atoms in total. The van der Waals surface area contributed by atoms with E-state index in [0.29, 0.717) is 11.3 Å². The Morgan fingerprint density at radius 2 is 1.64 bits per heavy atom. The number of nitro benzene ring substituents is 2. The highest BCUT2D eigenvalue weighted by molar-refractivity contribution is 5.87. The van der Waals surface area contributed by atoms with Crippen LogP contribution in [0.25, 0.3) is 0 Å². The first-order valence-corrected chi connectivity index (χ1v) is 5.89. The lowest BCUT2D eigenvalue weighted by atomic mass is 10.1. The van der Waals surface area contributed by atoms with Crippen LogP contribution in [0.4, 0.5) is 30.2 Å². The van der Waals surface area contributed by atoms with Gasteiger partial charge in [-0.25, -0.2) is 0 Å². The van der Waals surface area contributed by atoms with Crippen LogP contribution in [0, 0.1) is 20.2 Å². The van der Waals surface area contributed by atoms with Crippen molar-refractivity contribution >= 4 is 23.5 Å². The average Bonchev–Trinajstić information content (AvgIpc) is 2.42. The number of halogens is 3. The summed E-state index contributed by atoms with van der Waals surface area (Å²) in [6, 6.07) is 0.350. The molecule has 0 atom stereocenters. The number of hydrogen-bond acceptors (Lipinski definition) is 5. The van der Waals surface area contributed by atoms with Gasteiger partial charge in [0.2, 0.25) is 12.1 Å². The van der Waals surface area contributed by atoms with Crippen molar-refractivity contribution in [2.24, 2.45) is 0 Å². The molecule has 0 saturated heterocycles. The van der Waals surface area contributed by atoms with E-state index in [2.05, 4.69) is 0 Å². The van der Waals surface area contributed by atoms with Gasteiger partial charge in [-0.05, 0) is 6.42 Å². The van der Waals surface area contributed by atoms with Crippen molar-refractivity contribution in [1.82, 2.24) is 0 Å². The van der Waals surface area contributed by atoms with Crippen molar-refractivity contribution in [3.63, 3.8) is 0 Å². The molecule has 1 aromatic carbocycles. The van der Waals surface area contributed by atoms with Crippen molar-refractivity contribution in [1.29, 1.82) is 0 Å². The SMILES string of the molecule is CCCN(C=O)c1c([N+](=O)[O-])cc(C(F)(F)F)cc1[N+](=O)[O-]. The molecule has 0 aliphatic heterocycles. The second kappa shape index (κ2) is 6.37. The lowest BCUT2D eigenvalue weighted by molar-refractivity contribution is -0.393. The Morgan fingerprint density at radius 3 is 1.91 bits per heavy atom. The summed E-state index contributed by atoms with van der Waals surface area (Å²) in [5.74, 6) is 0. The van der Waals surface area contributed by atoms with Gasteiger partial charge in [-0.3, -0.25) is 25.0 Å². The molecule has 0 spiro atoms. The number of alkyl halides is 3. The van der Waals surface area contributed by atoms with Crippen molar-refractivity contribution in [2.75, 3.05) is 11.4 Å². The average molecular weight is 321 g/mol. The standard InChI is InChI=1S/C11H10F3N3O5/c1-2-3-15(6-18)10-8(16(19)20)4-7(11(12,13)14)5-9(10)17(21)22/h4-6H,2-3H2,1H3. The number of benzene rings is 1. The Kier molecular flexibility index (Phi) is 5.02. The molecule has 11 heteroatoms. The molecular weight excluding hydrogens is 311 g/mol. The molecular formula is C11H10F3N3O5. The molecule has 0 fully saturated rings. The minimum absolute atomic E-state index is 0.103.